The van der Waals surface area contributed by atoms with Crippen LogP contribution in [0.4, 0.5) is 0 Å². The van der Waals surface area contributed by atoms with Gasteiger partial charge in [-0.15, -0.1) is 0 Å². The number of fused-ring (bicyclic) bond motifs is 1. The van der Waals surface area contributed by atoms with Gasteiger partial charge in [0.15, 0.2) is 0 Å². The molecule has 126 valence electrons. The zero-order chi connectivity index (χ0) is 17.4. The lowest BCUT2D eigenvalue weighted by molar-refractivity contribution is 0.274. The summed E-state index contributed by atoms with van der Waals surface area (Å²) in [7, 11) is -3.74. The average Bonchev–Trinajstić information content (AvgIpc) is 2.55. The number of hydrogen-bond acceptors (Lipinski definition) is 2. The minimum absolute atomic E-state index is 0.0912. The Morgan fingerprint density at radius 2 is 1.83 bits per heavy atom. The summed E-state index contributed by atoms with van der Waals surface area (Å²) < 4.78 is 25.8. The molecule has 3 nitrogen and oxygen atoms in total. The molecule has 2 aliphatic rings. The monoisotopic (exact) mass is 341 g/mol. The quantitative estimate of drug-likeness (QED) is 0.693. The number of rotatable bonds is 2. The first-order valence-corrected chi connectivity index (χ1v) is 9.98. The maximum atomic E-state index is 12.9. The van der Waals surface area contributed by atoms with Crippen molar-refractivity contribution in [3.63, 3.8) is 0 Å². The van der Waals surface area contributed by atoms with Crippen LogP contribution in [0.2, 0.25) is 0 Å². The van der Waals surface area contributed by atoms with E-state index in [1.54, 1.807) is 24.3 Å². The number of nitrogens with zero attached hydrogens (tertiary/aromatic N) is 1. The SMILES string of the molecule is [C-]#[N+]/C(=C1/C=C2CCCCC2(C)CC1)S(=O)(=O)c1ccc(C)cc1. The summed E-state index contributed by atoms with van der Waals surface area (Å²) in [6.07, 6.45) is 8.22. The minimum Gasteiger partial charge on any atom is -0.230 e. The predicted molar refractivity (Wildman–Crippen MR) is 95.9 cm³/mol. The van der Waals surface area contributed by atoms with E-state index in [1.807, 2.05) is 13.0 Å². The van der Waals surface area contributed by atoms with Gasteiger partial charge in [-0.05, 0) is 62.1 Å². The van der Waals surface area contributed by atoms with E-state index < -0.39 is 9.84 Å². The summed E-state index contributed by atoms with van der Waals surface area (Å²) in [4.78, 5) is 3.65. The first-order chi connectivity index (χ1) is 11.4. The summed E-state index contributed by atoms with van der Waals surface area (Å²) in [6.45, 7) is 11.7. The van der Waals surface area contributed by atoms with Crippen LogP contribution in [-0.4, -0.2) is 8.42 Å². The molecule has 2 aliphatic carbocycles. The Kier molecular flexibility index (Phi) is 4.40. The number of sulfone groups is 1. The fourth-order valence-corrected chi connectivity index (χ4v) is 5.16. The lowest BCUT2D eigenvalue weighted by Crippen LogP contribution is -2.26. The third kappa shape index (κ3) is 2.93. The molecule has 1 aromatic rings. The van der Waals surface area contributed by atoms with Crippen LogP contribution in [0.3, 0.4) is 0 Å². The summed E-state index contributed by atoms with van der Waals surface area (Å²) in [5, 5.41) is -0.0912. The van der Waals surface area contributed by atoms with Gasteiger partial charge in [-0.3, -0.25) is 0 Å². The van der Waals surface area contributed by atoms with Gasteiger partial charge >= 0.3 is 0 Å². The zero-order valence-corrected chi connectivity index (χ0v) is 15.1. The zero-order valence-electron chi connectivity index (χ0n) is 14.3. The van der Waals surface area contributed by atoms with Gasteiger partial charge in [0, 0.05) is 0 Å². The van der Waals surface area contributed by atoms with Crippen molar-refractivity contribution in [1.82, 2.24) is 0 Å². The first-order valence-electron chi connectivity index (χ1n) is 8.50. The van der Waals surface area contributed by atoms with Crippen LogP contribution in [0.15, 0.2) is 51.4 Å². The van der Waals surface area contributed by atoms with Crippen molar-refractivity contribution in [1.29, 1.82) is 0 Å². The maximum Gasteiger partial charge on any atom is 0.286 e. The molecule has 0 amide bonds. The number of aryl methyl sites for hydroxylation is 1. The van der Waals surface area contributed by atoms with Crippen LogP contribution < -0.4 is 0 Å². The van der Waals surface area contributed by atoms with Crippen molar-refractivity contribution in [2.24, 2.45) is 5.41 Å². The third-order valence-corrected chi connectivity index (χ3v) is 7.21. The van der Waals surface area contributed by atoms with Gasteiger partial charge in [-0.2, -0.15) is 0 Å². The van der Waals surface area contributed by atoms with Crippen molar-refractivity contribution < 1.29 is 8.42 Å². The summed E-state index contributed by atoms with van der Waals surface area (Å²) in [6, 6.07) is 6.74. The van der Waals surface area contributed by atoms with E-state index in [0.717, 1.165) is 24.8 Å². The van der Waals surface area contributed by atoms with Crippen LogP contribution in [0.25, 0.3) is 4.85 Å². The lowest BCUT2D eigenvalue weighted by atomic mass is 9.65. The van der Waals surface area contributed by atoms with Gasteiger partial charge in [-0.25, -0.2) is 13.3 Å². The molecule has 0 spiro atoms. The Balaban J connectivity index is 2.08. The molecule has 1 saturated carbocycles. The second-order valence-corrected chi connectivity index (χ2v) is 9.06. The highest BCUT2D eigenvalue weighted by Crippen LogP contribution is 2.49. The van der Waals surface area contributed by atoms with Crippen LogP contribution in [-0.2, 0) is 9.84 Å². The Hall–Kier alpha value is -1.86. The van der Waals surface area contributed by atoms with Crippen molar-refractivity contribution in [3.05, 3.63) is 63.5 Å². The maximum absolute atomic E-state index is 12.9. The molecule has 0 aromatic heterocycles. The number of benzene rings is 1. The van der Waals surface area contributed by atoms with Gasteiger partial charge in [-0.1, -0.05) is 42.7 Å². The van der Waals surface area contributed by atoms with Gasteiger partial charge < -0.3 is 0 Å². The standard InChI is InChI=1S/C20H23NO2S/c1-15-7-9-18(10-8-15)24(22,23)19(21-3)16-11-13-20(2)12-5-4-6-17(20)14-16/h7-10,14H,4-6,11-13H2,1-2H3/b19-16-. The number of hydrogen-bond donors (Lipinski definition) is 0. The number of allylic oxidation sites excluding steroid dienone is 3. The Bertz CT molecular complexity index is 854. The van der Waals surface area contributed by atoms with Crippen LogP contribution in [0, 0.1) is 18.9 Å². The molecule has 0 bridgehead atoms. The average molecular weight is 341 g/mol. The van der Waals surface area contributed by atoms with Gasteiger partial charge in [0.2, 0.25) is 9.84 Å². The molecule has 1 atom stereocenters. The molecular weight excluding hydrogens is 318 g/mol. The highest BCUT2D eigenvalue weighted by atomic mass is 32.2. The largest absolute Gasteiger partial charge is 0.286 e. The minimum atomic E-state index is -3.74. The normalized spacial score (nSPS) is 26.1. The molecule has 0 saturated heterocycles. The fraction of sp³-hybridized carbons (Fsp3) is 0.450. The van der Waals surface area contributed by atoms with E-state index in [1.165, 1.54) is 18.4 Å². The van der Waals surface area contributed by atoms with E-state index in [4.69, 9.17) is 6.57 Å². The van der Waals surface area contributed by atoms with Gasteiger partial charge in [0.25, 0.3) is 5.03 Å². The highest BCUT2D eigenvalue weighted by molar-refractivity contribution is 7.95. The summed E-state index contributed by atoms with van der Waals surface area (Å²) in [5.74, 6) is 0. The summed E-state index contributed by atoms with van der Waals surface area (Å²) >= 11 is 0. The Morgan fingerprint density at radius 1 is 1.12 bits per heavy atom. The van der Waals surface area contributed by atoms with E-state index in [-0.39, 0.29) is 15.3 Å². The molecule has 0 N–H and O–H groups in total. The smallest absolute Gasteiger partial charge is 0.230 e. The molecule has 0 radical (unpaired) electrons. The molecule has 1 aromatic carbocycles. The Labute approximate surface area is 144 Å². The molecule has 4 heteroatoms. The predicted octanol–water partition coefficient (Wildman–Crippen LogP) is 5.20. The molecule has 3 rings (SSSR count). The van der Waals surface area contributed by atoms with Crippen LogP contribution >= 0.6 is 0 Å². The van der Waals surface area contributed by atoms with Crippen molar-refractivity contribution in [3.8, 4) is 0 Å². The van der Waals surface area contributed by atoms with E-state index in [2.05, 4.69) is 11.8 Å². The second-order valence-electron chi connectivity index (χ2n) is 7.20. The molecule has 0 aliphatic heterocycles. The highest BCUT2D eigenvalue weighted by Gasteiger charge is 2.36. The molecular formula is C20H23NO2S. The van der Waals surface area contributed by atoms with Crippen LogP contribution in [0.5, 0.6) is 0 Å². The van der Waals surface area contributed by atoms with E-state index in [0.29, 0.717) is 12.0 Å². The molecule has 0 heterocycles. The second kappa shape index (κ2) is 6.22. The van der Waals surface area contributed by atoms with E-state index >= 15 is 0 Å². The van der Waals surface area contributed by atoms with Crippen molar-refractivity contribution in [2.75, 3.05) is 0 Å². The van der Waals surface area contributed by atoms with E-state index in [9.17, 15) is 8.42 Å². The fourth-order valence-electron chi connectivity index (χ4n) is 3.82. The topological polar surface area (TPSA) is 38.5 Å². The van der Waals surface area contributed by atoms with Crippen LogP contribution in [0.1, 0.15) is 51.0 Å². The summed E-state index contributed by atoms with van der Waals surface area (Å²) in [5.41, 5.74) is 3.22. The molecule has 1 fully saturated rings. The van der Waals surface area contributed by atoms with Crippen molar-refractivity contribution in [2.45, 2.75) is 57.3 Å². The Morgan fingerprint density at radius 3 is 2.50 bits per heavy atom. The van der Waals surface area contributed by atoms with Crippen molar-refractivity contribution >= 4 is 9.84 Å². The lowest BCUT2D eigenvalue weighted by Gasteiger charge is -2.40. The molecule has 1 unspecified atom stereocenters. The van der Waals surface area contributed by atoms with Gasteiger partial charge in [0.1, 0.15) is 0 Å². The first kappa shape index (κ1) is 17.0. The van der Waals surface area contributed by atoms with Gasteiger partial charge in [0.05, 0.1) is 11.5 Å². The molecule has 24 heavy (non-hydrogen) atoms. The third-order valence-electron chi connectivity index (χ3n) is 5.46.